The van der Waals surface area contributed by atoms with E-state index in [1.54, 1.807) is 0 Å². The van der Waals surface area contributed by atoms with Crippen LogP contribution < -0.4 is 15.8 Å². The summed E-state index contributed by atoms with van der Waals surface area (Å²) >= 11 is 0. The third kappa shape index (κ3) is 8.46. The van der Waals surface area contributed by atoms with E-state index in [9.17, 15) is 0 Å². The van der Waals surface area contributed by atoms with Gasteiger partial charge >= 0.3 is 0 Å². The molecule has 1 aromatic rings. The summed E-state index contributed by atoms with van der Waals surface area (Å²) < 4.78 is 6.01. The van der Waals surface area contributed by atoms with Crippen molar-refractivity contribution in [1.29, 1.82) is 0 Å². The highest BCUT2D eigenvalue weighted by Crippen LogP contribution is 2.25. The highest BCUT2D eigenvalue weighted by molar-refractivity contribution is 14.0. The Labute approximate surface area is 151 Å². The van der Waals surface area contributed by atoms with Crippen LogP contribution in [0.1, 0.15) is 45.7 Å². The molecule has 0 aliphatic carbocycles. The number of aryl methyl sites for hydroxylation is 1. The van der Waals surface area contributed by atoms with E-state index in [1.165, 1.54) is 5.56 Å². The lowest BCUT2D eigenvalue weighted by atomic mass is 10.1. The van der Waals surface area contributed by atoms with Gasteiger partial charge in [0.15, 0.2) is 5.96 Å². The van der Waals surface area contributed by atoms with E-state index in [0.717, 1.165) is 17.9 Å². The average molecular weight is 419 g/mol. The quantitative estimate of drug-likeness (QED) is 0.433. The van der Waals surface area contributed by atoms with Gasteiger partial charge < -0.3 is 15.8 Å². The zero-order valence-corrected chi connectivity index (χ0v) is 16.9. The van der Waals surface area contributed by atoms with Crippen LogP contribution in [0, 0.1) is 12.8 Å². The van der Waals surface area contributed by atoms with Gasteiger partial charge in [-0.05, 0) is 45.2 Å². The van der Waals surface area contributed by atoms with Gasteiger partial charge in [0.05, 0.1) is 6.54 Å². The van der Waals surface area contributed by atoms with E-state index in [2.05, 4.69) is 43.2 Å². The molecule has 0 radical (unpaired) electrons. The monoisotopic (exact) mass is 419 g/mol. The van der Waals surface area contributed by atoms with Crippen LogP contribution in [0.4, 0.5) is 0 Å². The van der Waals surface area contributed by atoms with Crippen LogP contribution in [-0.2, 0) is 6.54 Å². The van der Waals surface area contributed by atoms with E-state index in [1.807, 2.05) is 26.8 Å². The average Bonchev–Trinajstić information content (AvgIpc) is 2.33. The normalized spacial score (nSPS) is 12.0. The molecule has 0 spiro atoms. The SMILES string of the molecule is Cc1ccc(CN=C(N)NCC(C)C)c(OC(C)(C)C)c1.I. The lowest BCUT2D eigenvalue weighted by Crippen LogP contribution is -2.34. The van der Waals surface area contributed by atoms with Gasteiger partial charge in [-0.2, -0.15) is 0 Å². The summed E-state index contributed by atoms with van der Waals surface area (Å²) in [6, 6.07) is 6.17. The smallest absolute Gasteiger partial charge is 0.188 e. The molecular formula is C17H30IN3O. The number of halogens is 1. The van der Waals surface area contributed by atoms with Crippen molar-refractivity contribution in [2.75, 3.05) is 6.54 Å². The highest BCUT2D eigenvalue weighted by Gasteiger charge is 2.14. The van der Waals surface area contributed by atoms with Crippen LogP contribution in [0.15, 0.2) is 23.2 Å². The third-order valence-corrected chi connectivity index (χ3v) is 2.75. The fourth-order valence-corrected chi connectivity index (χ4v) is 1.75. The fourth-order valence-electron chi connectivity index (χ4n) is 1.75. The topological polar surface area (TPSA) is 59.6 Å². The molecule has 126 valence electrons. The molecule has 0 aromatic heterocycles. The molecule has 0 aliphatic heterocycles. The molecule has 0 amide bonds. The molecule has 3 N–H and O–H groups in total. The van der Waals surface area contributed by atoms with Crippen LogP contribution in [0.2, 0.25) is 0 Å². The summed E-state index contributed by atoms with van der Waals surface area (Å²) in [6.07, 6.45) is 0. The Bertz CT molecular complexity index is 493. The van der Waals surface area contributed by atoms with Crippen molar-refractivity contribution in [1.82, 2.24) is 5.32 Å². The Morgan fingerprint density at radius 1 is 1.32 bits per heavy atom. The number of nitrogens with two attached hydrogens (primary N) is 1. The number of guanidine groups is 1. The Kier molecular flexibility index (Phi) is 8.81. The first-order valence-electron chi connectivity index (χ1n) is 7.49. The van der Waals surface area contributed by atoms with Gasteiger partial charge in [-0.25, -0.2) is 4.99 Å². The maximum absolute atomic E-state index is 6.01. The second-order valence-electron chi connectivity index (χ2n) is 6.80. The maximum Gasteiger partial charge on any atom is 0.188 e. The van der Waals surface area contributed by atoms with Crippen molar-refractivity contribution in [2.24, 2.45) is 16.6 Å². The molecule has 0 aliphatic rings. The molecule has 0 saturated heterocycles. The Balaban J connectivity index is 0.00000441. The van der Waals surface area contributed by atoms with Crippen molar-refractivity contribution in [3.63, 3.8) is 0 Å². The molecule has 0 heterocycles. The van der Waals surface area contributed by atoms with Crippen LogP contribution in [0.25, 0.3) is 0 Å². The minimum Gasteiger partial charge on any atom is -0.488 e. The van der Waals surface area contributed by atoms with E-state index >= 15 is 0 Å². The van der Waals surface area contributed by atoms with Crippen LogP contribution in [0.3, 0.4) is 0 Å². The lowest BCUT2D eigenvalue weighted by molar-refractivity contribution is 0.129. The van der Waals surface area contributed by atoms with Crippen molar-refractivity contribution in [3.05, 3.63) is 29.3 Å². The summed E-state index contributed by atoms with van der Waals surface area (Å²) in [7, 11) is 0. The number of nitrogens with one attached hydrogen (secondary N) is 1. The number of benzene rings is 1. The van der Waals surface area contributed by atoms with E-state index in [4.69, 9.17) is 10.5 Å². The van der Waals surface area contributed by atoms with Crippen molar-refractivity contribution >= 4 is 29.9 Å². The molecule has 5 heteroatoms. The Morgan fingerprint density at radius 3 is 2.50 bits per heavy atom. The van der Waals surface area contributed by atoms with Gasteiger partial charge in [-0.15, -0.1) is 24.0 Å². The molecule has 0 bridgehead atoms. The van der Waals surface area contributed by atoms with Crippen LogP contribution in [-0.4, -0.2) is 18.1 Å². The maximum atomic E-state index is 6.01. The third-order valence-electron chi connectivity index (χ3n) is 2.75. The molecule has 0 atom stereocenters. The summed E-state index contributed by atoms with van der Waals surface area (Å²) in [4.78, 5) is 4.39. The minimum absolute atomic E-state index is 0. The van der Waals surface area contributed by atoms with Crippen molar-refractivity contribution < 1.29 is 4.74 Å². The van der Waals surface area contributed by atoms with Crippen molar-refractivity contribution in [2.45, 2.75) is 53.7 Å². The molecule has 1 rings (SSSR count). The van der Waals surface area contributed by atoms with Crippen LogP contribution in [0.5, 0.6) is 5.75 Å². The molecule has 1 aromatic carbocycles. The Morgan fingerprint density at radius 2 is 1.95 bits per heavy atom. The molecular weight excluding hydrogens is 389 g/mol. The largest absolute Gasteiger partial charge is 0.488 e. The zero-order valence-electron chi connectivity index (χ0n) is 14.6. The van der Waals surface area contributed by atoms with Gasteiger partial charge in [0.25, 0.3) is 0 Å². The fraction of sp³-hybridized carbons (Fsp3) is 0.588. The lowest BCUT2D eigenvalue weighted by Gasteiger charge is -2.23. The van der Waals surface area contributed by atoms with Gasteiger partial charge in [-0.1, -0.05) is 26.0 Å². The summed E-state index contributed by atoms with van der Waals surface area (Å²) in [5.74, 6) is 1.90. The predicted molar refractivity (Wildman–Crippen MR) is 105 cm³/mol. The van der Waals surface area contributed by atoms with Gasteiger partial charge in [0.1, 0.15) is 11.4 Å². The van der Waals surface area contributed by atoms with Gasteiger partial charge in [0.2, 0.25) is 0 Å². The summed E-state index contributed by atoms with van der Waals surface area (Å²) in [6.45, 7) is 13.8. The first-order chi connectivity index (χ1) is 9.67. The van der Waals surface area contributed by atoms with Crippen molar-refractivity contribution in [3.8, 4) is 5.75 Å². The standard InChI is InChI=1S/C17H29N3O.HI/c1-12(2)10-19-16(18)20-11-14-8-7-13(3)9-15(14)21-17(4,5)6;/h7-9,12H,10-11H2,1-6H3,(H3,18,19,20);1H. The van der Waals surface area contributed by atoms with E-state index in [-0.39, 0.29) is 29.6 Å². The second-order valence-corrected chi connectivity index (χ2v) is 6.80. The Hall–Kier alpha value is -0.980. The number of hydrogen-bond acceptors (Lipinski definition) is 2. The number of rotatable bonds is 5. The number of ether oxygens (including phenoxy) is 1. The summed E-state index contributed by atoms with van der Waals surface area (Å²) in [5.41, 5.74) is 7.87. The van der Waals surface area contributed by atoms with Gasteiger partial charge in [-0.3, -0.25) is 0 Å². The predicted octanol–water partition coefficient (Wildman–Crippen LogP) is 3.85. The first-order valence-corrected chi connectivity index (χ1v) is 7.49. The molecule has 0 saturated carbocycles. The van der Waals surface area contributed by atoms with Gasteiger partial charge in [0, 0.05) is 12.1 Å². The van der Waals surface area contributed by atoms with E-state index in [0.29, 0.717) is 18.4 Å². The van der Waals surface area contributed by atoms with E-state index < -0.39 is 0 Å². The molecule has 22 heavy (non-hydrogen) atoms. The summed E-state index contributed by atoms with van der Waals surface area (Å²) in [5, 5.41) is 3.12. The zero-order chi connectivity index (χ0) is 16.0. The van der Waals surface area contributed by atoms with Crippen LogP contribution >= 0.6 is 24.0 Å². The number of aliphatic imine (C=N–C) groups is 1. The molecule has 4 nitrogen and oxygen atoms in total. The molecule has 0 fully saturated rings. The number of nitrogens with zero attached hydrogens (tertiary/aromatic N) is 1. The minimum atomic E-state index is -0.228. The number of hydrogen-bond donors (Lipinski definition) is 2. The first kappa shape index (κ1) is 21.0. The highest BCUT2D eigenvalue weighted by atomic mass is 127. The molecule has 0 unspecified atom stereocenters. The second kappa shape index (κ2) is 9.22.